The summed E-state index contributed by atoms with van der Waals surface area (Å²) in [6.45, 7) is 1.73. The van der Waals surface area contributed by atoms with Crippen LogP contribution < -0.4 is 4.90 Å². The van der Waals surface area contributed by atoms with E-state index in [1.807, 2.05) is 24.3 Å². The fraction of sp³-hybridized carbons (Fsp3) is 0.120. The number of pyridine rings is 1. The number of aromatic nitrogens is 3. The largest absolute Gasteiger partial charge is 0.465 e. The number of benzene rings is 2. The molecule has 0 fully saturated rings. The van der Waals surface area contributed by atoms with Gasteiger partial charge >= 0.3 is 11.9 Å². The second-order valence-corrected chi connectivity index (χ2v) is 8.83. The molecule has 11 heteroatoms. The fourth-order valence-corrected chi connectivity index (χ4v) is 4.43. The lowest BCUT2D eigenvalue weighted by atomic mass is 10.1. The minimum atomic E-state index is -0.741. The molecule has 2 aromatic carbocycles. The van der Waals surface area contributed by atoms with Crippen molar-refractivity contribution in [2.24, 2.45) is 0 Å². The zero-order valence-electron chi connectivity index (χ0n) is 19.2. The second kappa shape index (κ2) is 8.68. The average molecular weight is 549 g/mol. The summed E-state index contributed by atoms with van der Waals surface area (Å²) in [5, 5.41) is 4.99. The van der Waals surface area contributed by atoms with Gasteiger partial charge in [-0.05, 0) is 49.4 Å². The van der Waals surface area contributed by atoms with Crippen LogP contribution in [-0.4, -0.2) is 52.7 Å². The predicted molar refractivity (Wildman–Crippen MR) is 132 cm³/mol. The smallest absolute Gasteiger partial charge is 0.337 e. The minimum Gasteiger partial charge on any atom is -0.465 e. The van der Waals surface area contributed by atoms with E-state index in [-0.39, 0.29) is 27.9 Å². The molecule has 0 aliphatic carbocycles. The Balaban J connectivity index is 1.67. The molecule has 3 heterocycles. The molecular weight excluding hydrogens is 532 g/mol. The first-order valence-electron chi connectivity index (χ1n) is 10.6. The van der Waals surface area contributed by atoms with Gasteiger partial charge in [0.1, 0.15) is 0 Å². The third-order valence-corrected chi connectivity index (χ3v) is 6.34. The standard InChI is InChI=1S/C25H17BrN4O6/c1-12-19-20-18(11-27-21(19)30(28-12)16-6-4-15(26)5-7-16)22(31)29(23(20)32)17-9-13(24(33)35-2)8-14(10-17)25(34)36-3/h4-11H,1-3H3. The van der Waals surface area contributed by atoms with Crippen LogP contribution in [0.3, 0.4) is 0 Å². The van der Waals surface area contributed by atoms with Gasteiger partial charge in [0.15, 0.2) is 5.65 Å². The minimum absolute atomic E-state index is 0.0190. The van der Waals surface area contributed by atoms with Gasteiger partial charge in [0.05, 0.1) is 58.9 Å². The van der Waals surface area contributed by atoms with Gasteiger partial charge in [-0.2, -0.15) is 5.10 Å². The number of hydrogen-bond acceptors (Lipinski definition) is 8. The van der Waals surface area contributed by atoms with Crippen LogP contribution in [0.4, 0.5) is 5.69 Å². The van der Waals surface area contributed by atoms with Gasteiger partial charge in [0.2, 0.25) is 0 Å². The molecule has 1 aliphatic heterocycles. The molecular formula is C25H17BrN4O6. The van der Waals surface area contributed by atoms with E-state index in [1.54, 1.807) is 11.6 Å². The summed E-state index contributed by atoms with van der Waals surface area (Å²) < 4.78 is 12.0. The van der Waals surface area contributed by atoms with Crippen molar-refractivity contribution in [3.63, 3.8) is 0 Å². The molecule has 1 aliphatic rings. The summed E-state index contributed by atoms with van der Waals surface area (Å²) in [6.07, 6.45) is 1.33. The maximum absolute atomic E-state index is 13.7. The number of carbonyl (C=O) groups is 4. The first kappa shape index (κ1) is 23.4. The van der Waals surface area contributed by atoms with E-state index in [4.69, 9.17) is 9.47 Å². The second-order valence-electron chi connectivity index (χ2n) is 7.92. The van der Waals surface area contributed by atoms with Gasteiger partial charge in [-0.1, -0.05) is 15.9 Å². The van der Waals surface area contributed by atoms with E-state index < -0.39 is 23.8 Å². The zero-order chi connectivity index (χ0) is 25.7. The van der Waals surface area contributed by atoms with Crippen molar-refractivity contribution in [1.82, 2.24) is 14.8 Å². The Hall–Kier alpha value is -4.38. The number of amides is 2. The predicted octanol–water partition coefficient (Wildman–Crippen LogP) is 3.87. The highest BCUT2D eigenvalue weighted by molar-refractivity contribution is 9.10. The Bertz CT molecular complexity index is 1580. The maximum atomic E-state index is 13.7. The summed E-state index contributed by atoms with van der Waals surface area (Å²) in [6, 6.07) is 11.3. The zero-order valence-corrected chi connectivity index (χ0v) is 20.8. The number of methoxy groups -OCH3 is 2. The number of anilines is 1. The van der Waals surface area contributed by atoms with Crippen molar-refractivity contribution in [3.8, 4) is 5.69 Å². The van der Waals surface area contributed by atoms with E-state index in [1.165, 1.54) is 38.6 Å². The lowest BCUT2D eigenvalue weighted by Gasteiger charge is -2.16. The third-order valence-electron chi connectivity index (χ3n) is 5.81. The van der Waals surface area contributed by atoms with Crippen LogP contribution in [-0.2, 0) is 9.47 Å². The molecule has 0 spiro atoms. The molecule has 36 heavy (non-hydrogen) atoms. The number of imide groups is 1. The van der Waals surface area contributed by atoms with Crippen LogP contribution in [0.25, 0.3) is 16.7 Å². The van der Waals surface area contributed by atoms with Gasteiger partial charge in [-0.15, -0.1) is 0 Å². The van der Waals surface area contributed by atoms with Crippen LogP contribution >= 0.6 is 15.9 Å². The Labute approximate surface area is 212 Å². The number of halogens is 1. The maximum Gasteiger partial charge on any atom is 0.337 e. The Morgan fingerprint density at radius 2 is 1.50 bits per heavy atom. The number of aryl methyl sites for hydroxylation is 1. The molecule has 2 aromatic heterocycles. The van der Waals surface area contributed by atoms with E-state index >= 15 is 0 Å². The highest BCUT2D eigenvalue weighted by Crippen LogP contribution is 2.35. The molecule has 4 aromatic rings. The van der Waals surface area contributed by atoms with Crippen LogP contribution in [0.2, 0.25) is 0 Å². The number of ether oxygens (including phenoxy) is 2. The van der Waals surface area contributed by atoms with Gasteiger partial charge < -0.3 is 9.47 Å². The van der Waals surface area contributed by atoms with Gasteiger partial charge in [-0.25, -0.2) is 24.2 Å². The van der Waals surface area contributed by atoms with Crippen molar-refractivity contribution in [2.75, 3.05) is 19.1 Å². The quantitative estimate of drug-likeness (QED) is 0.278. The molecule has 10 nitrogen and oxygen atoms in total. The molecule has 0 bridgehead atoms. The summed E-state index contributed by atoms with van der Waals surface area (Å²) in [7, 11) is 2.37. The molecule has 2 amide bonds. The lowest BCUT2D eigenvalue weighted by molar-refractivity contribution is 0.0598. The van der Waals surface area contributed by atoms with Crippen LogP contribution in [0.15, 0.2) is 53.1 Å². The molecule has 0 radical (unpaired) electrons. The number of carbonyl (C=O) groups excluding carboxylic acids is 4. The van der Waals surface area contributed by atoms with Crippen LogP contribution in [0, 0.1) is 6.92 Å². The molecule has 0 unspecified atom stereocenters. The Morgan fingerprint density at radius 3 is 2.08 bits per heavy atom. The Kier molecular flexibility index (Phi) is 5.64. The van der Waals surface area contributed by atoms with Gasteiger partial charge in [0.25, 0.3) is 11.8 Å². The highest BCUT2D eigenvalue weighted by Gasteiger charge is 2.40. The van der Waals surface area contributed by atoms with Crippen molar-refractivity contribution in [3.05, 3.63) is 81.1 Å². The average Bonchev–Trinajstić information content (AvgIpc) is 3.36. The number of hydrogen-bond donors (Lipinski definition) is 0. The molecule has 0 N–H and O–H groups in total. The number of fused-ring (bicyclic) bond motifs is 3. The van der Waals surface area contributed by atoms with Gasteiger partial charge in [-0.3, -0.25) is 9.59 Å². The SMILES string of the molecule is COC(=O)c1cc(C(=O)OC)cc(N2C(=O)c3cnc4c(c(C)nn4-c4ccc(Br)cc4)c3C2=O)c1. The summed E-state index contributed by atoms with van der Waals surface area (Å²) >= 11 is 3.40. The highest BCUT2D eigenvalue weighted by atomic mass is 79.9. The molecule has 0 atom stereocenters. The number of rotatable bonds is 4. The van der Waals surface area contributed by atoms with E-state index in [2.05, 4.69) is 26.0 Å². The van der Waals surface area contributed by atoms with E-state index in [9.17, 15) is 19.2 Å². The lowest BCUT2D eigenvalue weighted by Crippen LogP contribution is -2.30. The van der Waals surface area contributed by atoms with E-state index in [0.29, 0.717) is 16.7 Å². The van der Waals surface area contributed by atoms with E-state index in [0.717, 1.165) is 15.1 Å². The number of nitrogens with zero attached hydrogens (tertiary/aromatic N) is 4. The van der Waals surface area contributed by atoms with Crippen LogP contribution in [0.1, 0.15) is 47.1 Å². The Morgan fingerprint density at radius 1 is 0.889 bits per heavy atom. The van der Waals surface area contributed by atoms with Crippen LogP contribution in [0.5, 0.6) is 0 Å². The molecule has 0 saturated carbocycles. The fourth-order valence-electron chi connectivity index (χ4n) is 4.17. The summed E-state index contributed by atoms with van der Waals surface area (Å²) in [5.41, 5.74) is 1.88. The normalized spacial score (nSPS) is 12.7. The van der Waals surface area contributed by atoms with Crippen molar-refractivity contribution in [1.29, 1.82) is 0 Å². The van der Waals surface area contributed by atoms with Crippen molar-refractivity contribution < 1.29 is 28.7 Å². The number of esters is 2. The van der Waals surface area contributed by atoms with Crippen molar-refractivity contribution in [2.45, 2.75) is 6.92 Å². The first-order valence-corrected chi connectivity index (χ1v) is 11.4. The summed E-state index contributed by atoms with van der Waals surface area (Å²) in [5.74, 6) is -2.75. The molecule has 5 rings (SSSR count). The first-order chi connectivity index (χ1) is 17.2. The van der Waals surface area contributed by atoms with Gasteiger partial charge in [0, 0.05) is 10.7 Å². The third kappa shape index (κ3) is 3.55. The molecule has 180 valence electrons. The van der Waals surface area contributed by atoms with Crippen molar-refractivity contribution >= 4 is 56.4 Å². The topological polar surface area (TPSA) is 121 Å². The summed E-state index contributed by atoms with van der Waals surface area (Å²) in [4.78, 5) is 56.8. The monoisotopic (exact) mass is 548 g/mol. The molecule has 0 saturated heterocycles.